The van der Waals surface area contributed by atoms with Gasteiger partial charge in [0.1, 0.15) is 12.9 Å². The van der Waals surface area contributed by atoms with Gasteiger partial charge in [0.25, 0.3) is 0 Å². The second-order valence-corrected chi connectivity index (χ2v) is 5.45. The summed E-state index contributed by atoms with van der Waals surface area (Å²) in [6.07, 6.45) is 2.31. The molecule has 6 nitrogen and oxygen atoms in total. The Morgan fingerprint density at radius 1 is 1.55 bits per heavy atom. The monoisotopic (exact) mass is 279 g/mol. The van der Waals surface area contributed by atoms with Crippen molar-refractivity contribution in [2.24, 2.45) is 0 Å². The van der Waals surface area contributed by atoms with Crippen LogP contribution >= 0.6 is 0 Å². The number of nitro groups is 1. The summed E-state index contributed by atoms with van der Waals surface area (Å²) in [5, 5.41) is 11.0. The van der Waals surface area contributed by atoms with Crippen molar-refractivity contribution in [3.8, 4) is 5.75 Å². The highest BCUT2D eigenvalue weighted by Crippen LogP contribution is 2.32. The lowest BCUT2D eigenvalue weighted by Gasteiger charge is -2.19. The molecule has 1 heterocycles. The molecule has 1 aliphatic rings. The molecule has 1 aliphatic heterocycles. The van der Waals surface area contributed by atoms with Crippen molar-refractivity contribution in [1.29, 1.82) is 0 Å². The average molecular weight is 279 g/mol. The number of rotatable bonds is 5. The second kappa shape index (κ2) is 5.58. The minimum atomic E-state index is -0.554. The number of nitrogens with zero attached hydrogens (tertiary/aromatic N) is 1. The molecule has 0 aromatic heterocycles. The number of hydrogen-bond acceptors (Lipinski definition) is 5. The fraction of sp³-hybridized carbons (Fsp3) is 0.500. The number of hydrogen-bond donors (Lipinski definition) is 0. The molecule has 1 aromatic rings. The highest BCUT2D eigenvalue weighted by atomic mass is 16.6. The predicted octanol–water partition coefficient (Wildman–Crippen LogP) is 2.74. The summed E-state index contributed by atoms with van der Waals surface area (Å²) < 4.78 is 11.3. The molecule has 0 amide bonds. The Kier molecular flexibility index (Phi) is 4.04. The van der Waals surface area contributed by atoms with Gasteiger partial charge in [-0.3, -0.25) is 14.9 Å². The summed E-state index contributed by atoms with van der Waals surface area (Å²) >= 11 is 0. The second-order valence-electron chi connectivity index (χ2n) is 5.45. The topological polar surface area (TPSA) is 78.7 Å². The van der Waals surface area contributed by atoms with Crippen molar-refractivity contribution in [2.45, 2.75) is 38.4 Å². The van der Waals surface area contributed by atoms with E-state index in [4.69, 9.17) is 9.47 Å². The van der Waals surface area contributed by atoms with Crippen molar-refractivity contribution in [3.05, 3.63) is 33.9 Å². The van der Waals surface area contributed by atoms with Gasteiger partial charge < -0.3 is 9.47 Å². The van der Waals surface area contributed by atoms with Gasteiger partial charge in [0, 0.05) is 11.6 Å². The van der Waals surface area contributed by atoms with Gasteiger partial charge in [0.2, 0.25) is 0 Å². The van der Waals surface area contributed by atoms with E-state index in [1.807, 2.05) is 13.8 Å². The number of nitro benzene ring substituents is 1. The van der Waals surface area contributed by atoms with Gasteiger partial charge in [0.15, 0.2) is 5.75 Å². The molecule has 108 valence electrons. The Morgan fingerprint density at radius 2 is 2.30 bits per heavy atom. The molecule has 1 fully saturated rings. The van der Waals surface area contributed by atoms with Crippen LogP contribution in [0.3, 0.4) is 0 Å². The van der Waals surface area contributed by atoms with E-state index in [9.17, 15) is 14.9 Å². The van der Waals surface area contributed by atoms with Crippen molar-refractivity contribution in [2.75, 3.05) is 6.61 Å². The van der Waals surface area contributed by atoms with Gasteiger partial charge in [0.05, 0.1) is 16.6 Å². The van der Waals surface area contributed by atoms with Crippen LogP contribution in [0.15, 0.2) is 18.2 Å². The Morgan fingerprint density at radius 3 is 2.85 bits per heavy atom. The van der Waals surface area contributed by atoms with E-state index in [0.29, 0.717) is 6.29 Å². The number of carbonyl (C=O) groups excluding carboxylic acids is 1. The minimum Gasteiger partial charge on any atom is -0.484 e. The fourth-order valence-corrected chi connectivity index (χ4v) is 2.25. The number of carbonyl (C=O) groups is 1. The third kappa shape index (κ3) is 3.33. The molecular weight excluding hydrogens is 262 g/mol. The zero-order chi connectivity index (χ0) is 14.8. The highest BCUT2D eigenvalue weighted by Gasteiger charge is 2.32. The number of ether oxygens (including phenoxy) is 2. The van der Waals surface area contributed by atoms with Crippen LogP contribution in [-0.4, -0.2) is 29.5 Å². The van der Waals surface area contributed by atoms with Crippen molar-refractivity contribution < 1.29 is 19.2 Å². The van der Waals surface area contributed by atoms with Gasteiger partial charge in [-0.05, 0) is 38.8 Å². The molecule has 1 aromatic carbocycles. The molecule has 0 bridgehead atoms. The third-order valence-electron chi connectivity index (χ3n) is 3.29. The van der Waals surface area contributed by atoms with Gasteiger partial charge >= 0.3 is 5.69 Å². The zero-order valence-corrected chi connectivity index (χ0v) is 11.5. The summed E-state index contributed by atoms with van der Waals surface area (Å²) in [7, 11) is 0. The molecule has 6 heteroatoms. The van der Waals surface area contributed by atoms with Crippen LogP contribution in [0.25, 0.3) is 0 Å². The maximum Gasteiger partial charge on any atom is 0.311 e. The first-order valence-corrected chi connectivity index (χ1v) is 6.45. The quantitative estimate of drug-likeness (QED) is 0.470. The van der Waals surface area contributed by atoms with Crippen molar-refractivity contribution >= 4 is 12.0 Å². The molecular formula is C14H17NO5. The van der Waals surface area contributed by atoms with E-state index >= 15 is 0 Å². The smallest absolute Gasteiger partial charge is 0.311 e. The zero-order valence-electron chi connectivity index (χ0n) is 11.5. The third-order valence-corrected chi connectivity index (χ3v) is 3.29. The summed E-state index contributed by atoms with van der Waals surface area (Å²) in [6, 6.07) is 4.15. The molecule has 0 N–H and O–H groups in total. The Hall–Kier alpha value is -1.95. The molecule has 20 heavy (non-hydrogen) atoms. The molecule has 0 spiro atoms. The lowest BCUT2D eigenvalue weighted by molar-refractivity contribution is -0.386. The summed E-state index contributed by atoms with van der Waals surface area (Å²) in [4.78, 5) is 21.1. The molecule has 2 rings (SSSR count). The molecule has 1 unspecified atom stereocenters. The number of benzene rings is 1. The van der Waals surface area contributed by atoms with E-state index in [1.54, 1.807) is 0 Å². The molecule has 0 saturated carbocycles. The van der Waals surface area contributed by atoms with Crippen LogP contribution in [0.1, 0.15) is 37.0 Å². The first-order valence-electron chi connectivity index (χ1n) is 6.45. The van der Waals surface area contributed by atoms with Crippen LogP contribution in [0.2, 0.25) is 0 Å². The van der Waals surface area contributed by atoms with Crippen LogP contribution in [0.5, 0.6) is 5.75 Å². The average Bonchev–Trinajstić information content (AvgIpc) is 2.75. The number of aldehydes is 1. The standard InChI is InChI=1S/C14H17NO5/c1-14(2)6-5-11(20-14)9-19-13-4-3-10(8-16)7-12(13)15(17)18/h3-4,7-8,11H,5-6,9H2,1-2H3. The molecule has 1 saturated heterocycles. The normalized spacial score (nSPS) is 20.6. The van der Waals surface area contributed by atoms with Gasteiger partial charge in [-0.15, -0.1) is 0 Å². The Bertz CT molecular complexity index is 526. The van der Waals surface area contributed by atoms with E-state index in [0.717, 1.165) is 12.8 Å². The molecule has 0 radical (unpaired) electrons. The van der Waals surface area contributed by atoms with E-state index < -0.39 is 4.92 Å². The summed E-state index contributed by atoms with van der Waals surface area (Å²) in [5.41, 5.74) is -0.115. The van der Waals surface area contributed by atoms with Crippen LogP contribution in [0, 0.1) is 10.1 Å². The molecule has 1 atom stereocenters. The fourth-order valence-electron chi connectivity index (χ4n) is 2.25. The van der Waals surface area contributed by atoms with Crippen LogP contribution < -0.4 is 4.74 Å². The Balaban J connectivity index is 2.06. The van der Waals surface area contributed by atoms with Crippen LogP contribution in [-0.2, 0) is 4.74 Å². The van der Waals surface area contributed by atoms with Gasteiger partial charge in [-0.2, -0.15) is 0 Å². The maximum atomic E-state index is 11.0. The summed E-state index contributed by atoms with van der Waals surface area (Å²) in [5.74, 6) is 0.161. The van der Waals surface area contributed by atoms with Gasteiger partial charge in [-0.25, -0.2) is 0 Å². The van der Waals surface area contributed by atoms with Crippen molar-refractivity contribution in [3.63, 3.8) is 0 Å². The van der Waals surface area contributed by atoms with E-state index in [1.165, 1.54) is 18.2 Å². The van der Waals surface area contributed by atoms with E-state index in [2.05, 4.69) is 0 Å². The highest BCUT2D eigenvalue weighted by molar-refractivity contribution is 5.77. The van der Waals surface area contributed by atoms with Crippen molar-refractivity contribution in [1.82, 2.24) is 0 Å². The minimum absolute atomic E-state index is 0.0599. The predicted molar refractivity (Wildman–Crippen MR) is 72.2 cm³/mol. The summed E-state index contributed by atoms with van der Waals surface area (Å²) in [6.45, 7) is 4.29. The van der Waals surface area contributed by atoms with Gasteiger partial charge in [-0.1, -0.05) is 0 Å². The van der Waals surface area contributed by atoms with Crippen LogP contribution in [0.4, 0.5) is 5.69 Å². The molecule has 0 aliphatic carbocycles. The van der Waals surface area contributed by atoms with E-state index in [-0.39, 0.29) is 35.3 Å². The first kappa shape index (κ1) is 14.5. The largest absolute Gasteiger partial charge is 0.484 e. The SMILES string of the molecule is CC1(C)CCC(COc2ccc(C=O)cc2[N+](=O)[O-])O1. The maximum absolute atomic E-state index is 11.0. The lowest BCUT2D eigenvalue weighted by atomic mass is 10.1. The lowest BCUT2D eigenvalue weighted by Crippen LogP contribution is -2.24. The Labute approximate surface area is 116 Å². The first-order chi connectivity index (χ1) is 9.41.